The van der Waals surface area contributed by atoms with Gasteiger partial charge < -0.3 is 14.8 Å². The first kappa shape index (κ1) is 22.9. The molecule has 29 heavy (non-hydrogen) atoms. The molecule has 1 aromatic carbocycles. The first-order valence-electron chi connectivity index (χ1n) is 9.66. The van der Waals surface area contributed by atoms with Crippen molar-refractivity contribution in [3.05, 3.63) is 29.8 Å². The summed E-state index contributed by atoms with van der Waals surface area (Å²) in [5, 5.41) is 2.58. The van der Waals surface area contributed by atoms with E-state index >= 15 is 0 Å². The molecule has 1 aliphatic heterocycles. The molecular formula is C20H27NO7S. The van der Waals surface area contributed by atoms with Crippen LogP contribution in [0.5, 0.6) is 5.75 Å². The van der Waals surface area contributed by atoms with E-state index in [2.05, 4.69) is 5.32 Å². The Hall–Kier alpha value is -2.42. The highest BCUT2D eigenvalue weighted by Gasteiger charge is 2.30. The zero-order valence-electron chi connectivity index (χ0n) is 16.7. The number of Topliss-reactive ketones (excluding diaryl/α,β-unsaturated/α-hetero) is 1. The summed E-state index contributed by atoms with van der Waals surface area (Å²) in [4.78, 5) is 36.2. The summed E-state index contributed by atoms with van der Waals surface area (Å²) in [5.74, 6) is -0.803. The number of rotatable bonds is 10. The highest BCUT2D eigenvalue weighted by atomic mass is 32.2. The van der Waals surface area contributed by atoms with E-state index in [-0.39, 0.29) is 30.1 Å². The molecule has 0 bridgehead atoms. The van der Waals surface area contributed by atoms with Crippen LogP contribution in [0.15, 0.2) is 24.3 Å². The van der Waals surface area contributed by atoms with Crippen molar-refractivity contribution >= 4 is 27.5 Å². The van der Waals surface area contributed by atoms with Gasteiger partial charge in [-0.3, -0.25) is 14.4 Å². The van der Waals surface area contributed by atoms with Gasteiger partial charge >= 0.3 is 5.97 Å². The largest absolute Gasteiger partial charge is 0.494 e. The van der Waals surface area contributed by atoms with Crippen LogP contribution in [0.25, 0.3) is 0 Å². The van der Waals surface area contributed by atoms with Crippen LogP contribution in [-0.2, 0) is 24.2 Å². The Kier molecular flexibility index (Phi) is 8.19. The number of esters is 1. The average Bonchev–Trinajstić information content (AvgIpc) is 3.03. The number of carbonyl (C=O) groups excluding carboxylic acids is 3. The zero-order valence-corrected chi connectivity index (χ0v) is 17.5. The third-order valence-corrected chi connectivity index (χ3v) is 6.23. The number of ketones is 1. The summed E-state index contributed by atoms with van der Waals surface area (Å²) in [5.41, 5.74) is 0.467. The van der Waals surface area contributed by atoms with Gasteiger partial charge in [0.15, 0.2) is 21.7 Å². The fourth-order valence-corrected chi connectivity index (χ4v) is 4.53. The predicted molar refractivity (Wildman–Crippen MR) is 107 cm³/mol. The minimum Gasteiger partial charge on any atom is -0.494 e. The smallest absolute Gasteiger partial charge is 0.307 e. The van der Waals surface area contributed by atoms with Gasteiger partial charge in [0, 0.05) is 18.0 Å². The predicted octanol–water partition coefficient (Wildman–Crippen LogP) is 1.67. The van der Waals surface area contributed by atoms with E-state index < -0.39 is 33.9 Å². The van der Waals surface area contributed by atoms with Crippen molar-refractivity contribution in [1.29, 1.82) is 0 Å². The second-order valence-electron chi connectivity index (χ2n) is 7.04. The molecule has 2 atom stereocenters. The van der Waals surface area contributed by atoms with Crippen LogP contribution in [0.2, 0.25) is 0 Å². The van der Waals surface area contributed by atoms with Crippen LogP contribution in [-0.4, -0.2) is 56.3 Å². The van der Waals surface area contributed by atoms with Gasteiger partial charge in [-0.05, 0) is 44.0 Å². The molecule has 0 saturated carbocycles. The molecule has 1 aromatic rings. The lowest BCUT2D eigenvalue weighted by atomic mass is 10.1. The molecule has 9 heteroatoms. The van der Waals surface area contributed by atoms with Crippen LogP contribution in [0, 0.1) is 0 Å². The Morgan fingerprint density at radius 1 is 1.17 bits per heavy atom. The summed E-state index contributed by atoms with van der Waals surface area (Å²) < 4.78 is 33.4. The van der Waals surface area contributed by atoms with E-state index in [0.717, 1.165) is 6.42 Å². The lowest BCUT2D eigenvalue weighted by Gasteiger charge is -2.16. The van der Waals surface area contributed by atoms with Crippen LogP contribution < -0.4 is 10.1 Å². The van der Waals surface area contributed by atoms with Crippen molar-refractivity contribution in [1.82, 2.24) is 5.32 Å². The summed E-state index contributed by atoms with van der Waals surface area (Å²) in [6.07, 6.45) is -0.00770. The maximum Gasteiger partial charge on any atom is 0.307 e. The first-order chi connectivity index (χ1) is 13.7. The van der Waals surface area contributed by atoms with E-state index in [4.69, 9.17) is 9.47 Å². The maximum absolute atomic E-state index is 12.2. The number of hydrogen-bond donors (Lipinski definition) is 1. The molecule has 2 rings (SSSR count). The molecule has 0 radical (unpaired) electrons. The molecule has 1 amide bonds. The molecule has 1 aliphatic rings. The lowest BCUT2D eigenvalue weighted by molar-refractivity contribution is -0.154. The molecular weight excluding hydrogens is 398 g/mol. The van der Waals surface area contributed by atoms with Gasteiger partial charge in [0.05, 0.1) is 24.5 Å². The Balaban J connectivity index is 1.74. The normalized spacial score (nSPS) is 18.6. The maximum atomic E-state index is 12.2. The Morgan fingerprint density at radius 3 is 2.45 bits per heavy atom. The molecule has 160 valence electrons. The Bertz CT molecular complexity index is 833. The van der Waals surface area contributed by atoms with E-state index in [9.17, 15) is 22.8 Å². The molecule has 1 saturated heterocycles. The molecule has 0 unspecified atom stereocenters. The number of sulfone groups is 1. The Labute approximate surface area is 170 Å². The zero-order chi connectivity index (χ0) is 21.4. The first-order valence-corrected chi connectivity index (χ1v) is 11.5. The number of benzene rings is 1. The number of hydrogen-bond acceptors (Lipinski definition) is 7. The summed E-state index contributed by atoms with van der Waals surface area (Å²) >= 11 is 0. The third-order valence-electron chi connectivity index (χ3n) is 4.46. The molecule has 0 aliphatic carbocycles. The number of ether oxygens (including phenoxy) is 2. The molecule has 1 fully saturated rings. The summed E-state index contributed by atoms with van der Waals surface area (Å²) in [6, 6.07) is 6.24. The van der Waals surface area contributed by atoms with Gasteiger partial charge in [-0.1, -0.05) is 6.92 Å². The van der Waals surface area contributed by atoms with Gasteiger partial charge in [-0.15, -0.1) is 0 Å². The van der Waals surface area contributed by atoms with Gasteiger partial charge in [0.25, 0.3) is 5.91 Å². The van der Waals surface area contributed by atoms with E-state index in [1.165, 1.54) is 6.92 Å². The second-order valence-corrected chi connectivity index (χ2v) is 9.27. The molecule has 0 spiro atoms. The monoisotopic (exact) mass is 425 g/mol. The van der Waals surface area contributed by atoms with Crippen LogP contribution in [0.1, 0.15) is 49.9 Å². The number of amides is 1. The summed E-state index contributed by atoms with van der Waals surface area (Å²) in [7, 11) is -3.11. The van der Waals surface area contributed by atoms with Crippen molar-refractivity contribution in [2.24, 2.45) is 0 Å². The molecule has 8 nitrogen and oxygen atoms in total. The Morgan fingerprint density at radius 2 is 1.86 bits per heavy atom. The highest BCUT2D eigenvalue weighted by molar-refractivity contribution is 7.91. The average molecular weight is 426 g/mol. The fourth-order valence-electron chi connectivity index (χ4n) is 2.85. The van der Waals surface area contributed by atoms with Crippen molar-refractivity contribution in [3.8, 4) is 5.75 Å². The van der Waals surface area contributed by atoms with E-state index in [0.29, 0.717) is 24.3 Å². The molecule has 1 N–H and O–H groups in total. The van der Waals surface area contributed by atoms with Crippen molar-refractivity contribution in [3.63, 3.8) is 0 Å². The van der Waals surface area contributed by atoms with Gasteiger partial charge in [0.2, 0.25) is 0 Å². The van der Waals surface area contributed by atoms with Crippen molar-refractivity contribution < 1.29 is 32.3 Å². The SMILES string of the molecule is CCCOc1ccc(C(=O)CCC(=O)O[C@@H](C)C(=O)N[C@H]2CCS(=O)(=O)C2)cc1. The molecule has 0 aromatic heterocycles. The van der Waals surface area contributed by atoms with Gasteiger partial charge in [-0.2, -0.15) is 0 Å². The van der Waals surface area contributed by atoms with Crippen molar-refractivity contribution in [2.75, 3.05) is 18.1 Å². The topological polar surface area (TPSA) is 116 Å². The van der Waals surface area contributed by atoms with E-state index in [1.54, 1.807) is 24.3 Å². The van der Waals surface area contributed by atoms with Crippen LogP contribution >= 0.6 is 0 Å². The minimum atomic E-state index is -3.11. The minimum absolute atomic E-state index is 0.0385. The lowest BCUT2D eigenvalue weighted by Crippen LogP contribution is -2.42. The third kappa shape index (κ3) is 7.49. The molecule has 1 heterocycles. The van der Waals surface area contributed by atoms with Gasteiger partial charge in [-0.25, -0.2) is 8.42 Å². The number of carbonyl (C=O) groups is 3. The highest BCUT2D eigenvalue weighted by Crippen LogP contribution is 2.15. The van der Waals surface area contributed by atoms with Crippen LogP contribution in [0.4, 0.5) is 0 Å². The van der Waals surface area contributed by atoms with E-state index in [1.807, 2.05) is 6.92 Å². The quantitative estimate of drug-likeness (QED) is 0.448. The standard InChI is InChI=1S/C20H27NO7S/c1-3-11-27-17-6-4-15(5-7-17)18(22)8-9-19(23)28-14(2)20(24)21-16-10-12-29(25,26)13-16/h4-7,14,16H,3,8-13H2,1-2H3,(H,21,24)/t14-,16-/m0/s1. The number of nitrogens with one attached hydrogen (secondary N) is 1. The van der Waals surface area contributed by atoms with Crippen LogP contribution in [0.3, 0.4) is 0 Å². The second kappa shape index (κ2) is 10.4. The summed E-state index contributed by atoms with van der Waals surface area (Å²) in [6.45, 7) is 4.01. The van der Waals surface area contributed by atoms with Crippen molar-refractivity contribution in [2.45, 2.75) is 51.7 Å². The fraction of sp³-hybridized carbons (Fsp3) is 0.550. The van der Waals surface area contributed by atoms with Gasteiger partial charge in [0.1, 0.15) is 5.75 Å².